The number of rotatable bonds is 4. The van der Waals surface area contributed by atoms with Gasteiger partial charge in [-0.2, -0.15) is 16.3 Å². The van der Waals surface area contributed by atoms with Gasteiger partial charge in [0.15, 0.2) is 5.75 Å². The predicted molar refractivity (Wildman–Crippen MR) is 128 cm³/mol. The van der Waals surface area contributed by atoms with Gasteiger partial charge in [0, 0.05) is 38.1 Å². The second kappa shape index (κ2) is 15.1. The number of hydrogen-bond donors (Lipinski definition) is 1. The van der Waals surface area contributed by atoms with Crippen LogP contribution in [0.5, 0.6) is 5.75 Å². The second-order valence-corrected chi connectivity index (χ2v) is 5.82. The second-order valence-electron chi connectivity index (χ2n) is 5.82. The number of hydrogen-bond acceptors (Lipinski definition) is 5. The van der Waals surface area contributed by atoms with E-state index < -0.39 is 0 Å². The molecule has 161 valence electrons. The minimum absolute atomic E-state index is 0. The van der Waals surface area contributed by atoms with E-state index in [0.717, 1.165) is 16.5 Å². The Bertz CT molecular complexity index is 1130. The maximum atomic E-state index is 10.4. The van der Waals surface area contributed by atoms with Crippen LogP contribution in [0.2, 0.25) is 0 Å². The molecular weight excluding hydrogens is 473 g/mol. The molecule has 5 nitrogen and oxygen atoms in total. The molecular formula is C26H27N4OY-. The number of phenolic OH excluding ortho intramolecular Hbond substituents is 1. The van der Waals surface area contributed by atoms with E-state index >= 15 is 0 Å². The quantitative estimate of drug-likeness (QED) is 0.220. The van der Waals surface area contributed by atoms with Gasteiger partial charge in [-0.3, -0.25) is 0 Å². The summed E-state index contributed by atoms with van der Waals surface area (Å²) in [5.74, 6) is 0.116. The summed E-state index contributed by atoms with van der Waals surface area (Å²) < 4.78 is 0. The molecule has 0 aromatic heterocycles. The SMILES string of the molecule is CC.CC.Oc1c(N=Nc2[c-]cc(N=Nc3ccccc3)cc2)ccc2ccccc12.[Y]. The fourth-order valence-electron chi connectivity index (χ4n) is 2.58. The molecule has 0 aliphatic heterocycles. The Morgan fingerprint density at radius 3 is 1.97 bits per heavy atom. The van der Waals surface area contributed by atoms with Crippen molar-refractivity contribution in [3.8, 4) is 5.75 Å². The Morgan fingerprint density at radius 1 is 0.625 bits per heavy atom. The third-order valence-electron chi connectivity index (χ3n) is 3.96. The average Bonchev–Trinajstić information content (AvgIpc) is 2.86. The van der Waals surface area contributed by atoms with Crippen LogP contribution in [-0.2, 0) is 32.7 Å². The first-order valence-corrected chi connectivity index (χ1v) is 10.4. The minimum atomic E-state index is 0. The van der Waals surface area contributed by atoms with E-state index in [4.69, 9.17) is 0 Å². The van der Waals surface area contributed by atoms with E-state index in [9.17, 15) is 5.11 Å². The van der Waals surface area contributed by atoms with Gasteiger partial charge in [0.05, 0.1) is 5.69 Å². The summed E-state index contributed by atoms with van der Waals surface area (Å²) >= 11 is 0. The summed E-state index contributed by atoms with van der Waals surface area (Å²) in [5, 5.41) is 28.7. The molecule has 0 spiro atoms. The molecule has 0 amide bonds. The average molecular weight is 500 g/mol. The Hall–Kier alpha value is -2.76. The van der Waals surface area contributed by atoms with Crippen LogP contribution in [0.4, 0.5) is 22.7 Å². The van der Waals surface area contributed by atoms with Crippen LogP contribution >= 0.6 is 0 Å². The molecule has 1 radical (unpaired) electrons. The Balaban J connectivity index is 0.000000971. The number of fused-ring (bicyclic) bond motifs is 1. The predicted octanol–water partition coefficient (Wildman–Crippen LogP) is 9.23. The van der Waals surface area contributed by atoms with Crippen molar-refractivity contribution in [2.45, 2.75) is 27.7 Å². The van der Waals surface area contributed by atoms with Crippen LogP contribution in [0.1, 0.15) is 27.7 Å². The molecule has 0 aliphatic carbocycles. The summed E-state index contributed by atoms with van der Waals surface area (Å²) in [6.07, 6.45) is 0. The maximum Gasteiger partial charge on any atom is 0.150 e. The molecule has 6 heteroatoms. The summed E-state index contributed by atoms with van der Waals surface area (Å²) in [7, 11) is 0. The third kappa shape index (κ3) is 7.74. The molecule has 32 heavy (non-hydrogen) atoms. The number of benzene rings is 4. The number of phenols is 1. The van der Waals surface area contributed by atoms with E-state index in [1.807, 2.05) is 88.4 Å². The van der Waals surface area contributed by atoms with Crippen molar-refractivity contribution in [3.05, 3.63) is 91.0 Å². The summed E-state index contributed by atoms with van der Waals surface area (Å²) in [6.45, 7) is 8.00. The minimum Gasteiger partial charge on any atom is -0.505 e. The molecule has 0 fully saturated rings. The Labute approximate surface area is 215 Å². The molecule has 0 saturated carbocycles. The van der Waals surface area contributed by atoms with Crippen molar-refractivity contribution in [3.63, 3.8) is 0 Å². The van der Waals surface area contributed by atoms with Gasteiger partial charge in [0.1, 0.15) is 5.69 Å². The Kier molecular flexibility index (Phi) is 12.9. The van der Waals surface area contributed by atoms with E-state index in [0.29, 0.717) is 17.1 Å². The normalized spacial score (nSPS) is 10.1. The van der Waals surface area contributed by atoms with Gasteiger partial charge in [-0.05, 0) is 35.0 Å². The third-order valence-corrected chi connectivity index (χ3v) is 3.96. The van der Waals surface area contributed by atoms with Crippen LogP contribution in [0, 0.1) is 6.07 Å². The number of azo groups is 2. The fourth-order valence-corrected chi connectivity index (χ4v) is 2.58. The van der Waals surface area contributed by atoms with Crippen molar-refractivity contribution in [2.75, 3.05) is 0 Å². The van der Waals surface area contributed by atoms with Crippen LogP contribution < -0.4 is 0 Å². The van der Waals surface area contributed by atoms with Crippen LogP contribution in [0.25, 0.3) is 10.8 Å². The van der Waals surface area contributed by atoms with Crippen molar-refractivity contribution >= 4 is 33.5 Å². The van der Waals surface area contributed by atoms with Gasteiger partial charge in [0.25, 0.3) is 0 Å². The monoisotopic (exact) mass is 500 g/mol. The van der Waals surface area contributed by atoms with Gasteiger partial charge in [0.2, 0.25) is 0 Å². The van der Waals surface area contributed by atoms with Gasteiger partial charge in [-0.1, -0.05) is 76.2 Å². The van der Waals surface area contributed by atoms with Crippen LogP contribution in [-0.4, -0.2) is 5.11 Å². The molecule has 0 atom stereocenters. The first-order valence-electron chi connectivity index (χ1n) is 10.4. The van der Waals surface area contributed by atoms with Crippen molar-refractivity contribution in [2.24, 2.45) is 20.5 Å². The van der Waals surface area contributed by atoms with E-state index in [-0.39, 0.29) is 38.5 Å². The zero-order chi connectivity index (χ0) is 22.5. The van der Waals surface area contributed by atoms with E-state index in [1.54, 1.807) is 24.3 Å². The van der Waals surface area contributed by atoms with Crippen molar-refractivity contribution in [1.29, 1.82) is 0 Å². The maximum absolute atomic E-state index is 10.4. The molecule has 0 aliphatic rings. The van der Waals surface area contributed by atoms with Crippen LogP contribution in [0.15, 0.2) is 105 Å². The van der Waals surface area contributed by atoms with E-state index in [2.05, 4.69) is 26.5 Å². The summed E-state index contributed by atoms with van der Waals surface area (Å²) in [4.78, 5) is 0. The van der Waals surface area contributed by atoms with Crippen molar-refractivity contribution < 1.29 is 37.8 Å². The van der Waals surface area contributed by atoms with Crippen molar-refractivity contribution in [1.82, 2.24) is 0 Å². The van der Waals surface area contributed by atoms with Gasteiger partial charge in [-0.15, -0.1) is 23.3 Å². The fraction of sp³-hybridized carbons (Fsp3) is 0.154. The molecule has 4 aromatic carbocycles. The Morgan fingerprint density at radius 2 is 1.28 bits per heavy atom. The zero-order valence-electron chi connectivity index (χ0n) is 18.9. The molecule has 1 N–H and O–H groups in total. The first-order chi connectivity index (χ1) is 15.3. The first kappa shape index (κ1) is 27.3. The number of nitrogens with zero attached hydrogens (tertiary/aromatic N) is 4. The summed E-state index contributed by atoms with van der Waals surface area (Å²) in [5.41, 5.74) is 2.41. The molecule has 0 unspecified atom stereocenters. The smallest absolute Gasteiger partial charge is 0.150 e. The van der Waals surface area contributed by atoms with Gasteiger partial charge < -0.3 is 5.11 Å². The zero-order valence-corrected chi connectivity index (χ0v) is 21.7. The molecule has 4 rings (SSSR count). The molecule has 0 bridgehead atoms. The topological polar surface area (TPSA) is 69.7 Å². The largest absolute Gasteiger partial charge is 0.505 e. The van der Waals surface area contributed by atoms with E-state index in [1.165, 1.54) is 0 Å². The van der Waals surface area contributed by atoms with Gasteiger partial charge >= 0.3 is 0 Å². The number of aromatic hydroxyl groups is 1. The molecule has 0 heterocycles. The molecule has 4 aromatic rings. The summed E-state index contributed by atoms with van der Waals surface area (Å²) in [6, 6.07) is 29.0. The molecule has 0 saturated heterocycles. The van der Waals surface area contributed by atoms with Gasteiger partial charge in [-0.25, -0.2) is 5.11 Å². The standard InChI is InChI=1S/C22H15N4O.2C2H6.Y/c27-22-20-9-5-4-6-16(20)10-15-21(22)26-25-19-13-11-18(12-14-19)24-23-17-7-2-1-3-8-17;2*1-2;/h1-13,15,27H;2*1-2H3;/q-1;;;. The van der Waals surface area contributed by atoms with Crippen LogP contribution in [0.3, 0.4) is 0 Å².